The van der Waals surface area contributed by atoms with Gasteiger partial charge in [0.25, 0.3) is 0 Å². The van der Waals surface area contributed by atoms with Crippen molar-refractivity contribution in [2.24, 2.45) is 17.3 Å². The van der Waals surface area contributed by atoms with Crippen molar-refractivity contribution < 1.29 is 9.59 Å². The van der Waals surface area contributed by atoms with Gasteiger partial charge in [-0.2, -0.15) is 0 Å². The summed E-state index contributed by atoms with van der Waals surface area (Å²) in [7, 11) is 0. The Morgan fingerprint density at radius 2 is 1.83 bits per heavy atom. The zero-order chi connectivity index (χ0) is 22.5. The minimum absolute atomic E-state index is 0.0453. The first-order valence-electron chi connectivity index (χ1n) is 10.5. The normalized spacial score (nSPS) is 13.7. The number of nitrogens with zero attached hydrogens (tertiary/aromatic N) is 2. The van der Waals surface area contributed by atoms with Crippen LogP contribution in [0.2, 0.25) is 0 Å². The number of carbonyl (C=O) groups excluding carboxylic acids is 2. The smallest absolute Gasteiger partial charge is 0.249 e. The average molecular weight is 431 g/mol. The third kappa shape index (κ3) is 7.52. The lowest BCUT2D eigenvalue weighted by molar-refractivity contribution is -0.128. The molecule has 1 aromatic heterocycles. The maximum atomic E-state index is 12.8. The summed E-state index contributed by atoms with van der Waals surface area (Å²) in [5.41, 5.74) is 2.27. The van der Waals surface area contributed by atoms with Crippen molar-refractivity contribution in [3.05, 3.63) is 29.8 Å². The molecule has 0 aliphatic rings. The van der Waals surface area contributed by atoms with Crippen LogP contribution in [-0.4, -0.2) is 28.1 Å². The molecule has 2 atom stereocenters. The van der Waals surface area contributed by atoms with E-state index < -0.39 is 6.04 Å². The molecule has 0 saturated carbocycles. The molecule has 2 aromatic rings. The minimum atomic E-state index is -0.620. The van der Waals surface area contributed by atoms with E-state index in [1.807, 2.05) is 45.0 Å². The first-order valence-corrected chi connectivity index (χ1v) is 11.3. The number of hydrogen-bond acceptors (Lipinski definition) is 5. The van der Waals surface area contributed by atoms with Crippen molar-refractivity contribution in [3.63, 3.8) is 0 Å². The highest BCUT2D eigenvalue weighted by Crippen LogP contribution is 2.27. The summed E-state index contributed by atoms with van der Waals surface area (Å²) >= 11 is 1.32. The molecule has 0 unspecified atom stereocenters. The Morgan fingerprint density at radius 1 is 1.13 bits per heavy atom. The van der Waals surface area contributed by atoms with Crippen LogP contribution in [-0.2, 0) is 9.59 Å². The molecule has 0 saturated heterocycles. The summed E-state index contributed by atoms with van der Waals surface area (Å²) in [5.74, 6) is -0.163. The van der Waals surface area contributed by atoms with Gasteiger partial charge in [0.15, 0.2) is 0 Å². The molecule has 1 heterocycles. The lowest BCUT2D eigenvalue weighted by Gasteiger charge is -2.25. The van der Waals surface area contributed by atoms with Gasteiger partial charge < -0.3 is 5.32 Å². The predicted molar refractivity (Wildman–Crippen MR) is 123 cm³/mol. The van der Waals surface area contributed by atoms with E-state index >= 15 is 0 Å². The maximum absolute atomic E-state index is 12.8. The van der Waals surface area contributed by atoms with Gasteiger partial charge in [-0.05, 0) is 36.7 Å². The van der Waals surface area contributed by atoms with E-state index in [4.69, 9.17) is 0 Å². The van der Waals surface area contributed by atoms with Crippen LogP contribution in [0.5, 0.6) is 0 Å². The second-order valence-electron chi connectivity index (χ2n) is 9.63. The van der Waals surface area contributed by atoms with Crippen LogP contribution >= 0.6 is 11.3 Å². The van der Waals surface area contributed by atoms with E-state index in [9.17, 15) is 9.59 Å². The summed E-state index contributed by atoms with van der Waals surface area (Å²) in [6, 6.07) is 7.36. The Kier molecular flexibility index (Phi) is 8.12. The highest BCUT2D eigenvalue weighted by Gasteiger charge is 2.26. The molecule has 0 bridgehead atoms. The summed E-state index contributed by atoms with van der Waals surface area (Å²) in [6.07, 6.45) is 1.36. The summed E-state index contributed by atoms with van der Waals surface area (Å²) in [6.45, 7) is 14.4. The van der Waals surface area contributed by atoms with E-state index in [1.54, 1.807) is 0 Å². The van der Waals surface area contributed by atoms with Crippen molar-refractivity contribution in [1.82, 2.24) is 15.5 Å². The van der Waals surface area contributed by atoms with E-state index in [0.29, 0.717) is 11.6 Å². The van der Waals surface area contributed by atoms with Crippen LogP contribution in [0.25, 0.3) is 10.6 Å². The van der Waals surface area contributed by atoms with Gasteiger partial charge in [-0.25, -0.2) is 0 Å². The molecule has 30 heavy (non-hydrogen) atoms. The highest BCUT2D eigenvalue weighted by atomic mass is 32.1. The average Bonchev–Trinajstić information content (AvgIpc) is 3.06. The number of aryl methyl sites for hydroxylation is 1. The van der Waals surface area contributed by atoms with Gasteiger partial charge in [0.1, 0.15) is 11.0 Å². The fraction of sp³-hybridized carbons (Fsp3) is 0.565. The number of carbonyl (C=O) groups is 2. The Labute approximate surface area is 183 Å². The fourth-order valence-corrected chi connectivity index (χ4v) is 4.30. The molecule has 0 aliphatic heterocycles. The Balaban J connectivity index is 2.00. The third-order valence-electron chi connectivity index (χ3n) is 4.68. The molecule has 2 amide bonds. The maximum Gasteiger partial charge on any atom is 0.249 e. The van der Waals surface area contributed by atoms with Crippen molar-refractivity contribution in [2.75, 3.05) is 5.32 Å². The molecule has 164 valence electrons. The molecule has 0 aliphatic carbocycles. The zero-order valence-corrected chi connectivity index (χ0v) is 19.9. The topological polar surface area (TPSA) is 84.0 Å². The summed E-state index contributed by atoms with van der Waals surface area (Å²) in [4.78, 5) is 25.3. The van der Waals surface area contributed by atoms with Gasteiger partial charge in [-0.3, -0.25) is 14.9 Å². The lowest BCUT2D eigenvalue weighted by Crippen LogP contribution is -2.47. The number of rotatable bonds is 8. The van der Waals surface area contributed by atoms with Crippen molar-refractivity contribution >= 4 is 28.3 Å². The van der Waals surface area contributed by atoms with Crippen LogP contribution in [0.3, 0.4) is 0 Å². The third-order valence-corrected chi connectivity index (χ3v) is 5.57. The van der Waals surface area contributed by atoms with Crippen molar-refractivity contribution in [3.8, 4) is 10.6 Å². The molecule has 2 rings (SSSR count). The van der Waals surface area contributed by atoms with Crippen molar-refractivity contribution in [1.29, 1.82) is 0 Å². The number of aromatic nitrogens is 2. The number of anilines is 1. The Hall–Kier alpha value is -2.28. The monoisotopic (exact) mass is 430 g/mol. The molecular weight excluding hydrogens is 396 g/mol. The molecule has 0 spiro atoms. The molecule has 7 heteroatoms. The number of amides is 2. The van der Waals surface area contributed by atoms with Crippen LogP contribution in [0.1, 0.15) is 59.9 Å². The van der Waals surface area contributed by atoms with Gasteiger partial charge in [0, 0.05) is 12.0 Å². The summed E-state index contributed by atoms with van der Waals surface area (Å²) < 4.78 is 0. The second-order valence-corrected chi connectivity index (χ2v) is 10.6. The molecular formula is C23H34N4O2S. The Morgan fingerprint density at radius 3 is 2.43 bits per heavy atom. The predicted octanol–water partition coefficient (Wildman–Crippen LogP) is 5.06. The van der Waals surface area contributed by atoms with Gasteiger partial charge in [0.2, 0.25) is 16.9 Å². The quantitative estimate of drug-likeness (QED) is 0.613. The molecule has 1 aromatic carbocycles. The number of nitrogens with one attached hydrogen (secondary N) is 2. The van der Waals surface area contributed by atoms with Gasteiger partial charge in [-0.1, -0.05) is 76.6 Å². The molecule has 0 radical (unpaired) electrons. The Bertz CT molecular complexity index is 870. The first-order chi connectivity index (χ1) is 13.9. The van der Waals surface area contributed by atoms with Crippen molar-refractivity contribution in [2.45, 2.75) is 67.3 Å². The van der Waals surface area contributed by atoms with E-state index in [-0.39, 0.29) is 29.1 Å². The van der Waals surface area contributed by atoms with Gasteiger partial charge in [0.05, 0.1) is 0 Å². The fourth-order valence-electron chi connectivity index (χ4n) is 3.55. The largest absolute Gasteiger partial charge is 0.344 e. The minimum Gasteiger partial charge on any atom is -0.344 e. The number of benzene rings is 1. The molecule has 0 fully saturated rings. The highest BCUT2D eigenvalue weighted by molar-refractivity contribution is 7.18. The van der Waals surface area contributed by atoms with E-state index in [2.05, 4.69) is 48.5 Å². The molecule has 6 nitrogen and oxygen atoms in total. The standard InChI is InChI=1S/C23H34N4O2S/c1-14(2)19(24-18(28)12-16(4)13-23(5,6)7)20(29)25-22-27-26-21(30-22)17-10-8-9-15(3)11-17/h8-11,14,16,19H,12-13H2,1-7H3,(H,24,28)(H,25,27,29)/t16-,19-/m0/s1. The number of hydrogen-bond donors (Lipinski definition) is 2. The van der Waals surface area contributed by atoms with Crippen LogP contribution in [0, 0.1) is 24.2 Å². The summed E-state index contributed by atoms with van der Waals surface area (Å²) in [5, 5.41) is 15.2. The second kappa shape index (κ2) is 10.2. The zero-order valence-electron chi connectivity index (χ0n) is 19.1. The lowest BCUT2D eigenvalue weighted by atomic mass is 9.84. The van der Waals surface area contributed by atoms with E-state index in [1.165, 1.54) is 11.3 Å². The van der Waals surface area contributed by atoms with Crippen LogP contribution in [0.4, 0.5) is 5.13 Å². The van der Waals surface area contributed by atoms with Crippen LogP contribution in [0.15, 0.2) is 24.3 Å². The molecule has 2 N–H and O–H groups in total. The SMILES string of the molecule is Cc1cccc(-c2nnc(NC(=O)[C@@H](NC(=O)C[C@H](C)CC(C)(C)C)C(C)C)s2)c1. The van der Waals surface area contributed by atoms with Crippen LogP contribution < -0.4 is 10.6 Å². The first kappa shape index (κ1) is 24.0. The van der Waals surface area contributed by atoms with Gasteiger partial charge >= 0.3 is 0 Å². The van der Waals surface area contributed by atoms with Gasteiger partial charge in [-0.15, -0.1) is 10.2 Å². The van der Waals surface area contributed by atoms with E-state index in [0.717, 1.165) is 22.6 Å².